The standard InChI is InChI=1S/C13H12ClN3O2S/c1-17-13-8(5-15-17)12(20-6-11(19)16-13)7-2-3-10(18)9(14)4-7/h2-5,12,18H,6H2,1H3,(H,16,19). The third kappa shape index (κ3) is 2.25. The van der Waals surface area contributed by atoms with Gasteiger partial charge in [-0.15, -0.1) is 11.8 Å². The van der Waals surface area contributed by atoms with Gasteiger partial charge < -0.3 is 10.4 Å². The molecule has 20 heavy (non-hydrogen) atoms. The minimum Gasteiger partial charge on any atom is -0.506 e. The average Bonchev–Trinajstić information content (AvgIpc) is 2.67. The summed E-state index contributed by atoms with van der Waals surface area (Å²) in [5, 5.41) is 16.8. The number of aryl methyl sites for hydroxylation is 1. The van der Waals surface area contributed by atoms with Crippen LogP contribution in [0.2, 0.25) is 5.02 Å². The van der Waals surface area contributed by atoms with Crippen LogP contribution in [0.4, 0.5) is 5.82 Å². The molecule has 2 N–H and O–H groups in total. The summed E-state index contributed by atoms with van der Waals surface area (Å²) in [7, 11) is 1.79. The van der Waals surface area contributed by atoms with Crippen LogP contribution in [0.5, 0.6) is 5.75 Å². The van der Waals surface area contributed by atoms with E-state index >= 15 is 0 Å². The van der Waals surface area contributed by atoms with Crippen LogP contribution in [0.25, 0.3) is 0 Å². The number of rotatable bonds is 1. The number of anilines is 1. The highest BCUT2D eigenvalue weighted by atomic mass is 35.5. The number of hydrogen-bond donors (Lipinski definition) is 2. The largest absolute Gasteiger partial charge is 0.506 e. The molecule has 1 amide bonds. The van der Waals surface area contributed by atoms with E-state index in [0.29, 0.717) is 16.6 Å². The molecule has 0 fully saturated rings. The minimum absolute atomic E-state index is 0.0456. The molecule has 1 aliphatic rings. The molecule has 3 rings (SSSR count). The van der Waals surface area contributed by atoms with Crippen molar-refractivity contribution in [3.8, 4) is 5.75 Å². The van der Waals surface area contributed by atoms with Crippen molar-refractivity contribution in [2.45, 2.75) is 5.25 Å². The summed E-state index contributed by atoms with van der Waals surface area (Å²) in [6.45, 7) is 0. The summed E-state index contributed by atoms with van der Waals surface area (Å²) >= 11 is 7.48. The van der Waals surface area contributed by atoms with Crippen LogP contribution >= 0.6 is 23.4 Å². The zero-order valence-corrected chi connectivity index (χ0v) is 12.2. The molecule has 2 heterocycles. The van der Waals surface area contributed by atoms with Crippen molar-refractivity contribution in [2.24, 2.45) is 7.05 Å². The summed E-state index contributed by atoms with van der Waals surface area (Å²) in [6, 6.07) is 5.10. The van der Waals surface area contributed by atoms with E-state index in [1.54, 1.807) is 30.1 Å². The van der Waals surface area contributed by atoms with Crippen molar-refractivity contribution < 1.29 is 9.90 Å². The first kappa shape index (κ1) is 13.3. The van der Waals surface area contributed by atoms with Crippen LogP contribution in [0, 0.1) is 0 Å². The van der Waals surface area contributed by atoms with Gasteiger partial charge in [-0.25, -0.2) is 0 Å². The number of phenols is 1. The second kappa shape index (κ2) is 5.03. The maximum absolute atomic E-state index is 11.8. The van der Waals surface area contributed by atoms with Gasteiger partial charge in [-0.3, -0.25) is 9.48 Å². The highest BCUT2D eigenvalue weighted by Crippen LogP contribution is 2.42. The summed E-state index contributed by atoms with van der Waals surface area (Å²) in [5.41, 5.74) is 1.87. The maximum Gasteiger partial charge on any atom is 0.235 e. The van der Waals surface area contributed by atoms with Gasteiger partial charge in [0.2, 0.25) is 5.91 Å². The SMILES string of the molecule is Cn1ncc2c1NC(=O)CSC2c1ccc(O)c(Cl)c1. The number of benzene rings is 1. The lowest BCUT2D eigenvalue weighted by atomic mass is 10.1. The smallest absolute Gasteiger partial charge is 0.235 e. The second-order valence-corrected chi connectivity index (χ2v) is 6.02. The Hall–Kier alpha value is -1.66. The van der Waals surface area contributed by atoms with Gasteiger partial charge in [-0.1, -0.05) is 17.7 Å². The van der Waals surface area contributed by atoms with E-state index in [9.17, 15) is 9.90 Å². The van der Waals surface area contributed by atoms with Gasteiger partial charge in [-0.2, -0.15) is 5.10 Å². The van der Waals surface area contributed by atoms with Gasteiger partial charge >= 0.3 is 0 Å². The van der Waals surface area contributed by atoms with Crippen LogP contribution in [0.3, 0.4) is 0 Å². The van der Waals surface area contributed by atoms with Gasteiger partial charge in [0.1, 0.15) is 11.6 Å². The Morgan fingerprint density at radius 1 is 1.55 bits per heavy atom. The molecule has 1 unspecified atom stereocenters. The summed E-state index contributed by atoms with van der Waals surface area (Å²) < 4.78 is 1.65. The number of carbonyl (C=O) groups excluding carboxylic acids is 1. The van der Waals surface area contributed by atoms with E-state index in [1.165, 1.54) is 11.8 Å². The Bertz CT molecular complexity index is 686. The van der Waals surface area contributed by atoms with Gasteiger partial charge in [0.05, 0.1) is 22.2 Å². The molecule has 1 atom stereocenters. The fourth-order valence-corrected chi connectivity index (χ4v) is 3.45. The quantitative estimate of drug-likeness (QED) is 0.849. The predicted molar refractivity (Wildman–Crippen MR) is 79.3 cm³/mol. The second-order valence-electron chi connectivity index (χ2n) is 4.52. The highest BCUT2D eigenvalue weighted by Gasteiger charge is 2.27. The Morgan fingerprint density at radius 2 is 2.35 bits per heavy atom. The van der Waals surface area contributed by atoms with E-state index in [0.717, 1.165) is 11.1 Å². The zero-order valence-electron chi connectivity index (χ0n) is 10.6. The molecule has 2 aromatic rings. The lowest BCUT2D eigenvalue weighted by Gasteiger charge is -2.14. The molecule has 1 aromatic carbocycles. The molecular formula is C13H12ClN3O2S. The van der Waals surface area contributed by atoms with Gasteiger partial charge in [0.25, 0.3) is 0 Å². The third-order valence-electron chi connectivity index (χ3n) is 3.16. The van der Waals surface area contributed by atoms with Gasteiger partial charge in [0, 0.05) is 12.6 Å². The molecule has 0 spiro atoms. The van der Waals surface area contributed by atoms with Crippen LogP contribution < -0.4 is 5.32 Å². The van der Waals surface area contributed by atoms with Crippen molar-refractivity contribution >= 4 is 35.1 Å². The van der Waals surface area contributed by atoms with Gasteiger partial charge in [-0.05, 0) is 17.7 Å². The third-order valence-corrected chi connectivity index (χ3v) is 4.75. The number of nitrogens with zero attached hydrogens (tertiary/aromatic N) is 2. The number of amides is 1. The van der Waals surface area contributed by atoms with Crippen molar-refractivity contribution in [1.29, 1.82) is 0 Å². The van der Waals surface area contributed by atoms with E-state index in [2.05, 4.69) is 10.4 Å². The molecule has 104 valence electrons. The van der Waals surface area contributed by atoms with Crippen LogP contribution in [0.15, 0.2) is 24.4 Å². The van der Waals surface area contributed by atoms with E-state index in [-0.39, 0.29) is 16.9 Å². The lowest BCUT2D eigenvalue weighted by Crippen LogP contribution is -2.15. The molecule has 0 aliphatic carbocycles. The average molecular weight is 310 g/mol. The molecule has 0 saturated carbocycles. The van der Waals surface area contributed by atoms with Crippen LogP contribution in [0.1, 0.15) is 16.4 Å². The van der Waals surface area contributed by atoms with Crippen molar-refractivity contribution in [2.75, 3.05) is 11.1 Å². The summed E-state index contributed by atoms with van der Waals surface area (Å²) in [5.74, 6) is 1.06. The normalized spacial score (nSPS) is 18.3. The first-order valence-electron chi connectivity index (χ1n) is 5.98. The highest BCUT2D eigenvalue weighted by molar-refractivity contribution is 8.00. The molecule has 1 aliphatic heterocycles. The fraction of sp³-hybridized carbons (Fsp3) is 0.231. The van der Waals surface area contributed by atoms with Crippen LogP contribution in [-0.2, 0) is 11.8 Å². The first-order chi connectivity index (χ1) is 9.56. The van der Waals surface area contributed by atoms with Crippen molar-refractivity contribution in [3.63, 3.8) is 0 Å². The van der Waals surface area contributed by atoms with Crippen molar-refractivity contribution in [3.05, 3.63) is 40.5 Å². The number of nitrogens with one attached hydrogen (secondary N) is 1. The zero-order chi connectivity index (χ0) is 14.3. The number of aromatic hydroxyl groups is 1. The monoisotopic (exact) mass is 309 g/mol. The van der Waals surface area contributed by atoms with E-state index in [4.69, 9.17) is 11.6 Å². The van der Waals surface area contributed by atoms with E-state index < -0.39 is 0 Å². The summed E-state index contributed by atoms with van der Waals surface area (Å²) in [4.78, 5) is 11.8. The molecule has 0 radical (unpaired) electrons. The molecule has 0 saturated heterocycles. The topological polar surface area (TPSA) is 67.2 Å². The van der Waals surface area contributed by atoms with Crippen LogP contribution in [-0.4, -0.2) is 26.5 Å². The molecular weight excluding hydrogens is 298 g/mol. The molecule has 5 nitrogen and oxygen atoms in total. The van der Waals surface area contributed by atoms with E-state index in [1.807, 2.05) is 6.07 Å². The van der Waals surface area contributed by atoms with Crippen molar-refractivity contribution in [1.82, 2.24) is 9.78 Å². The Morgan fingerprint density at radius 3 is 3.10 bits per heavy atom. The fourth-order valence-electron chi connectivity index (χ4n) is 2.18. The Labute approximate surface area is 124 Å². The Balaban J connectivity index is 2.08. The maximum atomic E-state index is 11.8. The Kier molecular flexibility index (Phi) is 3.35. The number of fused-ring (bicyclic) bond motifs is 1. The minimum atomic E-state index is -0.0489. The first-order valence-corrected chi connectivity index (χ1v) is 7.40. The number of phenolic OH excluding ortho intramolecular Hbond substituents is 1. The summed E-state index contributed by atoms with van der Waals surface area (Å²) in [6.07, 6.45) is 1.75. The molecule has 1 aromatic heterocycles. The number of aromatic nitrogens is 2. The number of hydrogen-bond acceptors (Lipinski definition) is 4. The van der Waals surface area contributed by atoms with Gasteiger partial charge in [0.15, 0.2) is 0 Å². The molecule has 7 heteroatoms. The number of halogens is 1. The number of thioether (sulfide) groups is 1. The number of carbonyl (C=O) groups is 1. The predicted octanol–water partition coefficient (Wildman–Crippen LogP) is 2.55. The lowest BCUT2D eigenvalue weighted by molar-refractivity contribution is -0.113. The molecule has 0 bridgehead atoms.